The maximum absolute atomic E-state index is 13.5. The fourth-order valence-corrected chi connectivity index (χ4v) is 1.78. The van der Waals surface area contributed by atoms with Gasteiger partial charge in [-0.2, -0.15) is 0 Å². The zero-order chi connectivity index (χ0) is 12.5. The van der Waals surface area contributed by atoms with E-state index >= 15 is 0 Å². The Morgan fingerprint density at radius 1 is 1.29 bits per heavy atom. The van der Waals surface area contributed by atoms with Crippen LogP contribution in [-0.2, 0) is 11.2 Å². The number of benzene rings is 1. The molecule has 1 rings (SSSR count). The number of likely N-dealkylation sites (N-methyl/N-ethyl adjacent to an activating group) is 1. The molecular formula is C14H22FNO. The van der Waals surface area contributed by atoms with Gasteiger partial charge in [0.1, 0.15) is 5.82 Å². The Hall–Kier alpha value is -0.930. The highest BCUT2D eigenvalue weighted by Gasteiger charge is 2.11. The van der Waals surface area contributed by atoms with Crippen molar-refractivity contribution >= 4 is 0 Å². The molecule has 0 aliphatic carbocycles. The lowest BCUT2D eigenvalue weighted by molar-refractivity contribution is 0.112. The molecule has 1 aromatic rings. The Morgan fingerprint density at radius 3 is 2.71 bits per heavy atom. The Kier molecular flexibility index (Phi) is 6.82. The van der Waals surface area contributed by atoms with Gasteiger partial charge in [0.2, 0.25) is 0 Å². The lowest BCUT2D eigenvalue weighted by atomic mass is 10.1. The smallest absolute Gasteiger partial charge is 0.126 e. The Morgan fingerprint density at radius 2 is 2.06 bits per heavy atom. The van der Waals surface area contributed by atoms with E-state index in [1.807, 2.05) is 19.1 Å². The standard InChI is InChI=1S/C14H22FNO/c1-3-9-17-11-13(16-4-2)10-12-7-5-6-8-14(12)15/h5-8,13,16H,3-4,9-11H2,1-2H3. The zero-order valence-electron chi connectivity index (χ0n) is 10.7. The van der Waals surface area contributed by atoms with Crippen LogP contribution in [-0.4, -0.2) is 25.8 Å². The van der Waals surface area contributed by atoms with Crippen molar-refractivity contribution in [2.45, 2.75) is 32.7 Å². The van der Waals surface area contributed by atoms with Gasteiger partial charge in [0.15, 0.2) is 0 Å². The monoisotopic (exact) mass is 239 g/mol. The molecule has 0 fully saturated rings. The predicted octanol–water partition coefficient (Wildman–Crippen LogP) is 2.77. The van der Waals surface area contributed by atoms with Crippen molar-refractivity contribution in [1.29, 1.82) is 0 Å². The van der Waals surface area contributed by atoms with Crippen LogP contribution in [0.1, 0.15) is 25.8 Å². The van der Waals surface area contributed by atoms with Crippen molar-refractivity contribution < 1.29 is 9.13 Å². The van der Waals surface area contributed by atoms with Crippen molar-refractivity contribution in [3.8, 4) is 0 Å². The van der Waals surface area contributed by atoms with E-state index in [0.29, 0.717) is 13.0 Å². The minimum Gasteiger partial charge on any atom is -0.380 e. The van der Waals surface area contributed by atoms with E-state index in [9.17, 15) is 4.39 Å². The minimum absolute atomic E-state index is 0.133. The Labute approximate surface area is 103 Å². The van der Waals surface area contributed by atoms with Crippen LogP contribution < -0.4 is 5.32 Å². The summed E-state index contributed by atoms with van der Waals surface area (Å²) in [5.74, 6) is -0.133. The first-order valence-corrected chi connectivity index (χ1v) is 6.32. The number of nitrogens with one attached hydrogen (secondary N) is 1. The summed E-state index contributed by atoms with van der Waals surface area (Å²) in [6.45, 7) is 6.40. The van der Waals surface area contributed by atoms with E-state index < -0.39 is 0 Å². The van der Waals surface area contributed by atoms with Gasteiger partial charge in [0, 0.05) is 12.6 Å². The SMILES string of the molecule is CCCOCC(Cc1ccccc1F)NCC. The summed E-state index contributed by atoms with van der Waals surface area (Å²) < 4.78 is 19.0. The van der Waals surface area contributed by atoms with Crippen LogP contribution in [0.2, 0.25) is 0 Å². The third kappa shape index (κ3) is 5.29. The van der Waals surface area contributed by atoms with Crippen molar-refractivity contribution in [2.24, 2.45) is 0 Å². The molecule has 0 aliphatic heterocycles. The first-order valence-electron chi connectivity index (χ1n) is 6.32. The molecular weight excluding hydrogens is 217 g/mol. The largest absolute Gasteiger partial charge is 0.380 e. The number of hydrogen-bond donors (Lipinski definition) is 1. The van der Waals surface area contributed by atoms with Gasteiger partial charge in [-0.3, -0.25) is 0 Å². The highest BCUT2D eigenvalue weighted by atomic mass is 19.1. The van der Waals surface area contributed by atoms with Crippen molar-refractivity contribution in [3.05, 3.63) is 35.6 Å². The van der Waals surface area contributed by atoms with Gasteiger partial charge >= 0.3 is 0 Å². The lowest BCUT2D eigenvalue weighted by Gasteiger charge is -2.18. The van der Waals surface area contributed by atoms with Crippen molar-refractivity contribution in [3.63, 3.8) is 0 Å². The van der Waals surface area contributed by atoms with Gasteiger partial charge in [-0.15, -0.1) is 0 Å². The van der Waals surface area contributed by atoms with E-state index in [0.717, 1.165) is 25.1 Å². The summed E-state index contributed by atoms with van der Waals surface area (Å²) in [6.07, 6.45) is 1.68. The maximum Gasteiger partial charge on any atom is 0.126 e. The highest BCUT2D eigenvalue weighted by molar-refractivity contribution is 5.18. The molecule has 1 atom stereocenters. The fourth-order valence-electron chi connectivity index (χ4n) is 1.78. The van der Waals surface area contributed by atoms with Gasteiger partial charge in [0.05, 0.1) is 6.61 Å². The number of ether oxygens (including phenoxy) is 1. The van der Waals surface area contributed by atoms with Crippen LogP contribution in [0.5, 0.6) is 0 Å². The molecule has 17 heavy (non-hydrogen) atoms. The van der Waals surface area contributed by atoms with Crippen LogP contribution >= 0.6 is 0 Å². The van der Waals surface area contributed by atoms with Crippen LogP contribution in [0.15, 0.2) is 24.3 Å². The number of rotatable bonds is 8. The predicted molar refractivity (Wildman–Crippen MR) is 68.7 cm³/mol. The topological polar surface area (TPSA) is 21.3 Å². The lowest BCUT2D eigenvalue weighted by Crippen LogP contribution is -2.35. The summed E-state index contributed by atoms with van der Waals surface area (Å²) in [7, 11) is 0. The molecule has 0 amide bonds. The Bertz CT molecular complexity index is 317. The minimum atomic E-state index is -0.133. The third-order valence-electron chi connectivity index (χ3n) is 2.58. The Balaban J connectivity index is 2.50. The molecule has 1 N–H and O–H groups in total. The average Bonchev–Trinajstić information content (AvgIpc) is 2.32. The average molecular weight is 239 g/mol. The first-order chi connectivity index (χ1) is 8.27. The molecule has 1 unspecified atom stereocenters. The molecule has 0 radical (unpaired) electrons. The summed E-state index contributed by atoms with van der Waals surface area (Å²) in [6, 6.07) is 7.11. The molecule has 0 bridgehead atoms. The number of halogens is 1. The fraction of sp³-hybridized carbons (Fsp3) is 0.571. The van der Waals surface area contributed by atoms with Crippen molar-refractivity contribution in [2.75, 3.05) is 19.8 Å². The second-order valence-corrected chi connectivity index (χ2v) is 4.13. The summed E-state index contributed by atoms with van der Waals surface area (Å²) in [5, 5.41) is 3.33. The second-order valence-electron chi connectivity index (χ2n) is 4.13. The molecule has 2 nitrogen and oxygen atoms in total. The summed E-state index contributed by atoms with van der Waals surface area (Å²) in [5.41, 5.74) is 0.749. The van der Waals surface area contributed by atoms with E-state index in [4.69, 9.17) is 4.74 Å². The molecule has 0 spiro atoms. The summed E-state index contributed by atoms with van der Waals surface area (Å²) in [4.78, 5) is 0. The quantitative estimate of drug-likeness (QED) is 0.704. The normalized spacial score (nSPS) is 12.6. The van der Waals surface area contributed by atoms with Gasteiger partial charge in [-0.25, -0.2) is 4.39 Å². The third-order valence-corrected chi connectivity index (χ3v) is 2.58. The molecule has 0 heterocycles. The van der Waals surface area contributed by atoms with E-state index in [2.05, 4.69) is 12.2 Å². The van der Waals surface area contributed by atoms with Crippen LogP contribution in [0.3, 0.4) is 0 Å². The van der Waals surface area contributed by atoms with E-state index in [1.165, 1.54) is 6.07 Å². The number of hydrogen-bond acceptors (Lipinski definition) is 2. The first kappa shape index (κ1) is 14.1. The maximum atomic E-state index is 13.5. The molecule has 96 valence electrons. The second kappa shape index (κ2) is 8.20. The molecule has 0 saturated carbocycles. The van der Waals surface area contributed by atoms with Gasteiger partial charge < -0.3 is 10.1 Å². The summed E-state index contributed by atoms with van der Waals surface area (Å²) >= 11 is 0. The molecule has 0 aliphatic rings. The molecule has 3 heteroatoms. The molecule has 1 aromatic carbocycles. The van der Waals surface area contributed by atoms with E-state index in [1.54, 1.807) is 6.07 Å². The van der Waals surface area contributed by atoms with Crippen LogP contribution in [0.25, 0.3) is 0 Å². The van der Waals surface area contributed by atoms with Gasteiger partial charge in [0.25, 0.3) is 0 Å². The highest BCUT2D eigenvalue weighted by Crippen LogP contribution is 2.09. The van der Waals surface area contributed by atoms with Gasteiger partial charge in [-0.1, -0.05) is 32.0 Å². The van der Waals surface area contributed by atoms with Crippen LogP contribution in [0.4, 0.5) is 4.39 Å². The van der Waals surface area contributed by atoms with Crippen molar-refractivity contribution in [1.82, 2.24) is 5.32 Å². The zero-order valence-corrected chi connectivity index (χ0v) is 10.7. The van der Waals surface area contributed by atoms with Crippen LogP contribution in [0, 0.1) is 5.82 Å². The molecule has 0 saturated heterocycles. The van der Waals surface area contributed by atoms with E-state index in [-0.39, 0.29) is 11.9 Å². The van der Waals surface area contributed by atoms with Gasteiger partial charge in [-0.05, 0) is 31.0 Å². The molecule has 0 aromatic heterocycles.